The number of halogens is 1. The van der Waals surface area contributed by atoms with Crippen LogP contribution in [0, 0.1) is 0 Å². The summed E-state index contributed by atoms with van der Waals surface area (Å²) < 4.78 is 16.5. The number of hydrogen-bond donors (Lipinski definition) is 1. The van der Waals surface area contributed by atoms with E-state index in [0.29, 0.717) is 24.5 Å². The van der Waals surface area contributed by atoms with Crippen LogP contribution in [0.5, 0.6) is 11.5 Å². The van der Waals surface area contributed by atoms with Gasteiger partial charge in [0.25, 0.3) is 0 Å². The Kier molecular flexibility index (Phi) is 6.84. The number of H-pyrrole nitrogens is 1. The molecule has 8 heteroatoms. The van der Waals surface area contributed by atoms with Gasteiger partial charge in [0.2, 0.25) is 5.91 Å². The fraction of sp³-hybridized carbons (Fsp3) is 0.308. The van der Waals surface area contributed by atoms with Crippen LogP contribution >= 0.6 is 11.6 Å². The summed E-state index contributed by atoms with van der Waals surface area (Å²) in [6.45, 7) is 6.10. The Morgan fingerprint density at radius 3 is 2.62 bits per heavy atom. The Hall–Kier alpha value is -3.45. The largest absolute Gasteiger partial charge is 0.493 e. The third-order valence-corrected chi connectivity index (χ3v) is 6.21. The number of fused-ring (bicyclic) bond motifs is 3. The lowest BCUT2D eigenvalue weighted by Gasteiger charge is -2.40. The number of nitrogens with zero attached hydrogens (tertiary/aromatic N) is 1. The van der Waals surface area contributed by atoms with Gasteiger partial charge in [-0.2, -0.15) is 0 Å². The van der Waals surface area contributed by atoms with Gasteiger partial charge in [-0.25, -0.2) is 4.79 Å². The van der Waals surface area contributed by atoms with Crippen molar-refractivity contribution in [2.24, 2.45) is 0 Å². The predicted molar refractivity (Wildman–Crippen MR) is 131 cm³/mol. The van der Waals surface area contributed by atoms with Gasteiger partial charge in [-0.05, 0) is 41.8 Å². The lowest BCUT2D eigenvalue weighted by atomic mass is 9.87. The summed E-state index contributed by atoms with van der Waals surface area (Å²) in [4.78, 5) is 30.9. The molecule has 3 aromatic rings. The number of hydrogen-bond acceptors (Lipinski definition) is 5. The molecule has 1 unspecified atom stereocenters. The molecular formula is C26H27ClN2O5. The minimum atomic E-state index is -0.821. The number of nitrogens with one attached hydrogen (secondary N) is 1. The van der Waals surface area contributed by atoms with Crippen LogP contribution in [0.3, 0.4) is 0 Å². The van der Waals surface area contributed by atoms with Crippen LogP contribution in [0.2, 0.25) is 0 Å². The highest BCUT2D eigenvalue weighted by Gasteiger charge is 2.44. The highest BCUT2D eigenvalue weighted by molar-refractivity contribution is 6.27. The first kappa shape index (κ1) is 23.7. The fourth-order valence-corrected chi connectivity index (χ4v) is 4.64. The lowest BCUT2D eigenvalue weighted by Crippen LogP contribution is -2.52. The van der Waals surface area contributed by atoms with Gasteiger partial charge in [-0.15, -0.1) is 11.6 Å². The first-order chi connectivity index (χ1) is 16.4. The van der Waals surface area contributed by atoms with E-state index in [0.717, 1.165) is 33.3 Å². The smallest absolute Gasteiger partial charge is 0.328 e. The maximum atomic E-state index is 13.1. The number of carbonyl (C=O) groups excluding carboxylic acids is 2. The van der Waals surface area contributed by atoms with Crippen LogP contribution in [0.1, 0.15) is 29.8 Å². The average Bonchev–Trinajstić information content (AvgIpc) is 3.23. The van der Waals surface area contributed by atoms with Gasteiger partial charge in [-0.3, -0.25) is 4.79 Å². The molecule has 1 N–H and O–H groups in total. The van der Waals surface area contributed by atoms with E-state index in [2.05, 4.69) is 11.6 Å². The summed E-state index contributed by atoms with van der Waals surface area (Å²) in [7, 11) is 2.88. The van der Waals surface area contributed by atoms with E-state index < -0.39 is 18.1 Å². The van der Waals surface area contributed by atoms with Crippen LogP contribution in [0.25, 0.3) is 10.9 Å². The van der Waals surface area contributed by atoms with Gasteiger partial charge >= 0.3 is 5.97 Å². The molecule has 0 saturated heterocycles. The average molecular weight is 483 g/mol. The maximum absolute atomic E-state index is 13.1. The number of carbonyl (C=O) groups is 2. The summed E-state index contributed by atoms with van der Waals surface area (Å²) in [5, 5.41) is 1.00. The van der Waals surface area contributed by atoms with Crippen molar-refractivity contribution in [1.82, 2.24) is 9.88 Å². The molecule has 34 heavy (non-hydrogen) atoms. The third kappa shape index (κ3) is 4.23. The molecule has 0 aliphatic carbocycles. The van der Waals surface area contributed by atoms with E-state index in [1.165, 1.54) is 12.0 Å². The van der Waals surface area contributed by atoms with Crippen molar-refractivity contribution in [3.63, 3.8) is 0 Å². The number of esters is 1. The summed E-state index contributed by atoms with van der Waals surface area (Å²) >= 11 is 6.01. The second-order valence-corrected chi connectivity index (χ2v) is 8.57. The quantitative estimate of drug-likeness (QED) is 0.307. The minimum Gasteiger partial charge on any atom is -0.493 e. The minimum absolute atomic E-state index is 0.267. The zero-order valence-electron chi connectivity index (χ0n) is 19.4. The van der Waals surface area contributed by atoms with Crippen molar-refractivity contribution in [2.75, 3.05) is 26.7 Å². The van der Waals surface area contributed by atoms with Crippen LogP contribution in [0.4, 0.5) is 0 Å². The number of aromatic amines is 1. The monoisotopic (exact) mass is 482 g/mol. The molecule has 1 aliphatic rings. The van der Waals surface area contributed by atoms with Gasteiger partial charge in [0, 0.05) is 23.0 Å². The van der Waals surface area contributed by atoms with Crippen molar-refractivity contribution in [1.29, 1.82) is 0 Å². The number of para-hydroxylation sites is 1. The van der Waals surface area contributed by atoms with Gasteiger partial charge in [0.1, 0.15) is 18.5 Å². The Balaban J connectivity index is 1.91. The van der Waals surface area contributed by atoms with Gasteiger partial charge in [-0.1, -0.05) is 30.8 Å². The van der Waals surface area contributed by atoms with Crippen LogP contribution < -0.4 is 9.47 Å². The molecule has 0 radical (unpaired) electrons. The lowest BCUT2D eigenvalue weighted by molar-refractivity contribution is -0.154. The topological polar surface area (TPSA) is 80.9 Å². The van der Waals surface area contributed by atoms with E-state index in [1.54, 1.807) is 13.2 Å². The number of methoxy groups -OCH3 is 2. The Labute approximate surface area is 203 Å². The number of ether oxygens (including phenoxy) is 3. The van der Waals surface area contributed by atoms with Crippen molar-refractivity contribution >= 4 is 34.4 Å². The van der Waals surface area contributed by atoms with Crippen molar-refractivity contribution in [2.45, 2.75) is 25.4 Å². The van der Waals surface area contributed by atoms with E-state index in [9.17, 15) is 9.59 Å². The molecule has 2 atom stereocenters. The normalized spacial score (nSPS) is 17.2. The van der Waals surface area contributed by atoms with Crippen LogP contribution in [-0.2, 0) is 20.7 Å². The van der Waals surface area contributed by atoms with Crippen molar-refractivity contribution in [3.05, 3.63) is 71.4 Å². The Morgan fingerprint density at radius 1 is 1.18 bits per heavy atom. The molecule has 0 fully saturated rings. The SMILES string of the molecule is C=C(C)COc1ccc(C2c3[nH]c4ccccc4c3C[C@@H](C(=O)OC)N2C(=O)CCl)cc1OC. The molecule has 0 spiro atoms. The Morgan fingerprint density at radius 2 is 1.94 bits per heavy atom. The van der Waals surface area contributed by atoms with E-state index in [4.69, 9.17) is 25.8 Å². The molecule has 7 nitrogen and oxygen atoms in total. The molecule has 0 saturated carbocycles. The summed E-state index contributed by atoms with van der Waals surface area (Å²) in [6.07, 6.45) is 0.322. The van der Waals surface area contributed by atoms with Gasteiger partial charge < -0.3 is 24.1 Å². The van der Waals surface area contributed by atoms with E-state index in [-0.39, 0.29) is 11.8 Å². The number of rotatable bonds is 7. The second kappa shape index (κ2) is 9.81. The molecule has 1 aliphatic heterocycles. The molecule has 178 valence electrons. The molecular weight excluding hydrogens is 456 g/mol. The standard InChI is InChI=1S/C26H27ClN2O5/c1-15(2)14-34-21-10-9-16(11-22(21)32-3)25-24-18(17-7-5-6-8-19(17)28-24)12-20(26(31)33-4)29(25)23(30)13-27/h5-11,20,25,28H,1,12-14H2,2-4H3/t20-,25?/m0/s1. The summed E-state index contributed by atoms with van der Waals surface area (Å²) in [6, 6.07) is 11.9. The molecule has 1 amide bonds. The van der Waals surface area contributed by atoms with Crippen molar-refractivity contribution in [3.8, 4) is 11.5 Å². The first-order valence-electron chi connectivity index (χ1n) is 10.9. The summed E-state index contributed by atoms with van der Waals surface area (Å²) in [5.74, 6) is -0.0616. The third-order valence-electron chi connectivity index (χ3n) is 5.98. The molecule has 2 heterocycles. The molecule has 2 aromatic carbocycles. The van der Waals surface area contributed by atoms with Gasteiger partial charge in [0.15, 0.2) is 11.5 Å². The highest BCUT2D eigenvalue weighted by atomic mass is 35.5. The van der Waals surface area contributed by atoms with E-state index in [1.807, 2.05) is 43.3 Å². The molecule has 4 rings (SSSR count). The Bertz CT molecular complexity index is 1250. The molecule has 1 aromatic heterocycles. The van der Waals surface area contributed by atoms with Crippen LogP contribution in [-0.4, -0.2) is 54.5 Å². The number of benzene rings is 2. The van der Waals surface area contributed by atoms with E-state index >= 15 is 0 Å². The number of alkyl halides is 1. The number of aromatic nitrogens is 1. The number of amides is 1. The maximum Gasteiger partial charge on any atom is 0.328 e. The van der Waals surface area contributed by atoms with Gasteiger partial charge in [0.05, 0.1) is 20.3 Å². The highest BCUT2D eigenvalue weighted by Crippen LogP contribution is 2.43. The van der Waals surface area contributed by atoms with Crippen molar-refractivity contribution < 1.29 is 23.8 Å². The fourth-order valence-electron chi connectivity index (χ4n) is 4.51. The predicted octanol–water partition coefficient (Wildman–Crippen LogP) is 4.39. The van der Waals surface area contributed by atoms with Crippen LogP contribution in [0.15, 0.2) is 54.6 Å². The summed E-state index contributed by atoms with van der Waals surface area (Å²) in [5.41, 5.74) is 4.35. The molecule has 0 bridgehead atoms. The second-order valence-electron chi connectivity index (χ2n) is 8.30. The zero-order chi connectivity index (χ0) is 24.4. The first-order valence-corrected chi connectivity index (χ1v) is 11.4. The zero-order valence-corrected chi connectivity index (χ0v) is 20.1.